The van der Waals surface area contributed by atoms with Crippen molar-refractivity contribution < 1.29 is 4.39 Å². The Kier molecular flexibility index (Phi) is 4.42. The molecule has 5 heteroatoms. The second-order valence-corrected chi connectivity index (χ2v) is 6.12. The summed E-state index contributed by atoms with van der Waals surface area (Å²) in [7, 11) is 0. The lowest BCUT2D eigenvalue weighted by Crippen LogP contribution is -2.05. The summed E-state index contributed by atoms with van der Waals surface area (Å²) in [5.41, 5.74) is 1.77. The minimum Gasteiger partial charge on any atom is -0.331 e. The number of hydrogen-bond acceptors (Lipinski definition) is 1. The first-order valence-electron chi connectivity index (χ1n) is 6.13. The van der Waals surface area contributed by atoms with Crippen molar-refractivity contribution in [3.8, 4) is 0 Å². The minimum absolute atomic E-state index is 0.187. The third-order valence-electron chi connectivity index (χ3n) is 3.17. The second kappa shape index (κ2) is 5.69. The molecule has 1 heterocycles. The van der Waals surface area contributed by atoms with Crippen LogP contribution in [0.2, 0.25) is 0 Å². The molecule has 1 atom stereocenters. The second-order valence-electron chi connectivity index (χ2n) is 4.57. The molecule has 0 fully saturated rings. The van der Waals surface area contributed by atoms with Crippen LogP contribution in [0.4, 0.5) is 4.39 Å². The van der Waals surface area contributed by atoms with E-state index < -0.39 is 0 Å². The van der Waals surface area contributed by atoms with Crippen molar-refractivity contribution in [2.75, 3.05) is 0 Å². The first-order valence-corrected chi connectivity index (χ1v) is 7.62. The third-order valence-corrected chi connectivity index (χ3v) is 4.30. The van der Waals surface area contributed by atoms with Crippen LogP contribution in [-0.2, 0) is 0 Å². The molecular weight excluding hydrogens is 362 g/mol. The molecule has 0 radical (unpaired) electrons. The molecular formula is C13H16FIN2S. The minimum atomic E-state index is -0.187. The number of aromatic amines is 1. The van der Waals surface area contributed by atoms with Gasteiger partial charge >= 0.3 is 0 Å². The van der Waals surface area contributed by atoms with E-state index >= 15 is 0 Å². The molecule has 0 saturated heterocycles. The summed E-state index contributed by atoms with van der Waals surface area (Å²) in [6.07, 6.45) is 3.38. The average molecular weight is 378 g/mol. The number of nitrogens with one attached hydrogen (secondary N) is 1. The highest BCUT2D eigenvalue weighted by atomic mass is 127. The topological polar surface area (TPSA) is 20.7 Å². The number of imidazole rings is 1. The maximum atomic E-state index is 13.7. The largest absolute Gasteiger partial charge is 0.331 e. The van der Waals surface area contributed by atoms with Gasteiger partial charge in [0.05, 0.1) is 14.6 Å². The average Bonchev–Trinajstić information content (AvgIpc) is 2.62. The predicted octanol–water partition coefficient (Wildman–Crippen LogP) is 5.19. The molecule has 1 unspecified atom stereocenters. The van der Waals surface area contributed by atoms with Crippen LogP contribution in [0.25, 0.3) is 11.0 Å². The SMILES string of the molecule is CCCCC(C)n1c(=S)[nH]c2cc(I)c(F)cc21. The van der Waals surface area contributed by atoms with Gasteiger partial charge in [-0.1, -0.05) is 19.8 Å². The van der Waals surface area contributed by atoms with Crippen LogP contribution in [0, 0.1) is 14.2 Å². The molecule has 1 aromatic carbocycles. The number of unbranched alkanes of at least 4 members (excludes halogenated alkanes) is 1. The maximum absolute atomic E-state index is 13.7. The standard InChI is InChI=1S/C13H16FIN2S/c1-3-4-5-8(2)17-12-6-9(14)10(15)7-11(12)16-13(17)18/h6-8H,3-5H2,1-2H3,(H,16,18). The van der Waals surface area contributed by atoms with Gasteiger partial charge in [0.25, 0.3) is 0 Å². The normalized spacial score (nSPS) is 13.1. The Balaban J connectivity index is 2.53. The fourth-order valence-corrected chi connectivity index (χ4v) is 3.04. The third kappa shape index (κ3) is 2.61. The smallest absolute Gasteiger partial charge is 0.178 e. The number of rotatable bonds is 4. The molecule has 0 saturated carbocycles. The van der Waals surface area contributed by atoms with Crippen LogP contribution in [0.1, 0.15) is 39.2 Å². The Bertz CT molecular complexity index is 617. The molecule has 98 valence electrons. The van der Waals surface area contributed by atoms with E-state index in [1.807, 2.05) is 33.2 Å². The molecule has 0 amide bonds. The fraction of sp³-hybridized carbons (Fsp3) is 0.462. The van der Waals surface area contributed by atoms with Crippen LogP contribution >= 0.6 is 34.8 Å². The zero-order valence-electron chi connectivity index (χ0n) is 10.5. The highest BCUT2D eigenvalue weighted by Crippen LogP contribution is 2.25. The molecule has 0 aliphatic rings. The zero-order valence-corrected chi connectivity index (χ0v) is 13.4. The first kappa shape index (κ1) is 14.0. The highest BCUT2D eigenvalue weighted by Gasteiger charge is 2.13. The van der Waals surface area contributed by atoms with Crippen LogP contribution in [0.15, 0.2) is 12.1 Å². The van der Waals surface area contributed by atoms with Gasteiger partial charge in [0, 0.05) is 12.1 Å². The van der Waals surface area contributed by atoms with E-state index in [-0.39, 0.29) is 5.82 Å². The fourth-order valence-electron chi connectivity index (χ4n) is 2.19. The van der Waals surface area contributed by atoms with Gasteiger partial charge in [0.15, 0.2) is 4.77 Å². The molecule has 2 aromatic rings. The van der Waals surface area contributed by atoms with Crippen LogP contribution in [-0.4, -0.2) is 9.55 Å². The molecule has 1 N–H and O–H groups in total. The van der Waals surface area contributed by atoms with Gasteiger partial charge in [-0.25, -0.2) is 4.39 Å². The Labute approximate surface area is 125 Å². The van der Waals surface area contributed by atoms with Crippen LogP contribution in [0.3, 0.4) is 0 Å². The lowest BCUT2D eigenvalue weighted by molar-refractivity contribution is 0.491. The van der Waals surface area contributed by atoms with Gasteiger partial charge in [-0.3, -0.25) is 0 Å². The molecule has 18 heavy (non-hydrogen) atoms. The van der Waals surface area contributed by atoms with Gasteiger partial charge in [0.2, 0.25) is 0 Å². The van der Waals surface area contributed by atoms with Crippen molar-refractivity contribution in [1.29, 1.82) is 0 Å². The summed E-state index contributed by atoms with van der Waals surface area (Å²) < 4.78 is 17.0. The molecule has 0 aliphatic carbocycles. The summed E-state index contributed by atoms with van der Waals surface area (Å²) in [5, 5.41) is 0. The Morgan fingerprint density at radius 2 is 2.22 bits per heavy atom. The van der Waals surface area contributed by atoms with E-state index in [1.165, 1.54) is 0 Å². The number of hydrogen-bond donors (Lipinski definition) is 1. The quantitative estimate of drug-likeness (QED) is 0.573. The number of benzene rings is 1. The van der Waals surface area contributed by atoms with E-state index in [9.17, 15) is 4.39 Å². The Hall–Kier alpha value is -0.430. The van der Waals surface area contributed by atoms with E-state index in [1.54, 1.807) is 6.07 Å². The lowest BCUT2D eigenvalue weighted by atomic mass is 10.1. The summed E-state index contributed by atoms with van der Waals surface area (Å²) in [6, 6.07) is 3.68. The molecule has 2 rings (SSSR count). The molecule has 0 aliphatic heterocycles. The van der Waals surface area contributed by atoms with Crippen LogP contribution < -0.4 is 0 Å². The monoisotopic (exact) mass is 378 g/mol. The van der Waals surface area contributed by atoms with E-state index in [0.29, 0.717) is 14.4 Å². The highest BCUT2D eigenvalue weighted by molar-refractivity contribution is 14.1. The molecule has 1 aromatic heterocycles. The van der Waals surface area contributed by atoms with Gasteiger partial charge in [-0.05, 0) is 54.2 Å². The number of fused-ring (bicyclic) bond motifs is 1. The van der Waals surface area contributed by atoms with Crippen molar-refractivity contribution in [3.05, 3.63) is 26.3 Å². The van der Waals surface area contributed by atoms with E-state index in [2.05, 4.69) is 18.8 Å². The van der Waals surface area contributed by atoms with Gasteiger partial charge in [-0.15, -0.1) is 0 Å². The Morgan fingerprint density at radius 1 is 1.50 bits per heavy atom. The maximum Gasteiger partial charge on any atom is 0.178 e. The van der Waals surface area contributed by atoms with Gasteiger partial charge in [0.1, 0.15) is 5.82 Å². The summed E-state index contributed by atoms with van der Waals surface area (Å²) in [6.45, 7) is 4.30. The van der Waals surface area contributed by atoms with Crippen molar-refractivity contribution >= 4 is 45.8 Å². The number of halogens is 2. The first-order chi connectivity index (χ1) is 8.54. The van der Waals surface area contributed by atoms with Crippen molar-refractivity contribution in [3.63, 3.8) is 0 Å². The molecule has 0 bridgehead atoms. The van der Waals surface area contributed by atoms with E-state index in [4.69, 9.17) is 12.2 Å². The molecule has 0 spiro atoms. The van der Waals surface area contributed by atoms with Crippen molar-refractivity contribution in [2.24, 2.45) is 0 Å². The summed E-state index contributed by atoms with van der Waals surface area (Å²) in [4.78, 5) is 3.16. The lowest BCUT2D eigenvalue weighted by Gasteiger charge is -2.14. The van der Waals surface area contributed by atoms with Gasteiger partial charge in [-0.2, -0.15) is 0 Å². The van der Waals surface area contributed by atoms with Crippen LogP contribution in [0.5, 0.6) is 0 Å². The van der Waals surface area contributed by atoms with Crippen molar-refractivity contribution in [2.45, 2.75) is 39.2 Å². The molecule has 2 nitrogen and oxygen atoms in total. The predicted molar refractivity (Wildman–Crippen MR) is 84.0 cm³/mol. The van der Waals surface area contributed by atoms with Gasteiger partial charge < -0.3 is 9.55 Å². The Morgan fingerprint density at radius 3 is 2.89 bits per heavy atom. The van der Waals surface area contributed by atoms with E-state index in [0.717, 1.165) is 30.3 Å². The summed E-state index contributed by atoms with van der Waals surface area (Å²) >= 11 is 7.34. The number of aromatic nitrogens is 2. The zero-order chi connectivity index (χ0) is 13.3. The van der Waals surface area contributed by atoms with Crippen molar-refractivity contribution in [1.82, 2.24) is 9.55 Å². The number of nitrogens with zero attached hydrogens (tertiary/aromatic N) is 1. The summed E-state index contributed by atoms with van der Waals surface area (Å²) in [5.74, 6) is -0.187. The number of H-pyrrole nitrogens is 1.